The van der Waals surface area contributed by atoms with Gasteiger partial charge in [0.2, 0.25) is 5.91 Å². The van der Waals surface area contributed by atoms with Crippen LogP contribution in [0.2, 0.25) is 0 Å². The molecule has 3 N–H and O–H groups in total. The van der Waals surface area contributed by atoms with Gasteiger partial charge < -0.3 is 20.1 Å². The zero-order valence-corrected chi connectivity index (χ0v) is 16.9. The van der Waals surface area contributed by atoms with Gasteiger partial charge in [-0.15, -0.1) is 0 Å². The Kier molecular flexibility index (Phi) is 7.40. The quantitative estimate of drug-likeness (QED) is 0.650. The molecule has 2 heterocycles. The van der Waals surface area contributed by atoms with Crippen molar-refractivity contribution in [1.29, 1.82) is 0 Å². The van der Waals surface area contributed by atoms with Crippen molar-refractivity contribution in [2.45, 2.75) is 38.6 Å². The van der Waals surface area contributed by atoms with Crippen LogP contribution in [0.5, 0.6) is 0 Å². The average molecular weight is 416 g/mol. The van der Waals surface area contributed by atoms with Crippen LogP contribution >= 0.6 is 0 Å². The monoisotopic (exact) mass is 416 g/mol. The Labute approximate surface area is 174 Å². The normalized spacial score (nSPS) is 17.5. The van der Waals surface area contributed by atoms with Crippen molar-refractivity contribution in [2.75, 3.05) is 26.2 Å². The number of aromatic nitrogens is 2. The minimum atomic E-state index is -1.82. The summed E-state index contributed by atoms with van der Waals surface area (Å²) in [7, 11) is 0. The minimum absolute atomic E-state index is 0.366. The highest BCUT2D eigenvalue weighted by atomic mass is 16.4. The van der Waals surface area contributed by atoms with Crippen molar-refractivity contribution in [3.8, 4) is 0 Å². The number of hydrogen-bond acceptors (Lipinski definition) is 5. The Bertz CT molecular complexity index is 837. The minimum Gasteiger partial charge on any atom is -0.473 e. The fraction of sp³-hybridized carbons (Fsp3) is 0.524. The molecule has 4 rings (SSSR count). The summed E-state index contributed by atoms with van der Waals surface area (Å²) >= 11 is 0. The van der Waals surface area contributed by atoms with Gasteiger partial charge in [-0.1, -0.05) is 25.0 Å². The van der Waals surface area contributed by atoms with Crippen molar-refractivity contribution < 1.29 is 24.6 Å². The van der Waals surface area contributed by atoms with Crippen LogP contribution in [0, 0.1) is 5.92 Å². The third kappa shape index (κ3) is 6.03. The first-order valence-electron chi connectivity index (χ1n) is 10.3. The molecule has 9 nitrogen and oxygen atoms in total. The number of carboxylic acid groups (broad SMARTS) is 2. The van der Waals surface area contributed by atoms with Gasteiger partial charge in [0.1, 0.15) is 5.82 Å². The van der Waals surface area contributed by atoms with E-state index in [1.165, 1.54) is 25.7 Å². The Balaban J connectivity index is 0.000000377. The number of H-pyrrole nitrogens is 1. The summed E-state index contributed by atoms with van der Waals surface area (Å²) in [6.45, 7) is 4.41. The molecule has 2 aliphatic rings. The standard InChI is InChI=1S/C19H26N4O.C2H2O4/c24-19(13-15-5-1-2-6-15)23-11-9-22(10-12-23)14-18-20-16-7-3-4-8-17(16)21-18;3-1(4)2(5)6/h3-4,7-8,15H,1-2,5-6,9-14H2,(H,20,21);(H,3,4)(H,5,6). The van der Waals surface area contributed by atoms with Crippen LogP contribution in [0.4, 0.5) is 0 Å². The number of para-hydroxylation sites is 2. The molecule has 1 aromatic carbocycles. The lowest BCUT2D eigenvalue weighted by Crippen LogP contribution is -2.48. The Morgan fingerprint density at radius 2 is 1.63 bits per heavy atom. The highest BCUT2D eigenvalue weighted by Gasteiger charge is 2.25. The highest BCUT2D eigenvalue weighted by Crippen LogP contribution is 2.28. The number of piperazine rings is 1. The van der Waals surface area contributed by atoms with E-state index < -0.39 is 11.9 Å². The van der Waals surface area contributed by atoms with Gasteiger partial charge in [-0.2, -0.15) is 0 Å². The van der Waals surface area contributed by atoms with E-state index in [4.69, 9.17) is 19.8 Å². The SMILES string of the molecule is O=C(CC1CCCC1)N1CCN(Cc2nc3ccccc3[nH]2)CC1.O=C(O)C(=O)O. The first-order chi connectivity index (χ1) is 14.4. The summed E-state index contributed by atoms with van der Waals surface area (Å²) in [4.78, 5) is 43.1. The van der Waals surface area contributed by atoms with Crippen LogP contribution in [0.15, 0.2) is 24.3 Å². The lowest BCUT2D eigenvalue weighted by atomic mass is 10.0. The van der Waals surface area contributed by atoms with Crippen LogP contribution in [-0.2, 0) is 20.9 Å². The highest BCUT2D eigenvalue weighted by molar-refractivity contribution is 6.27. The van der Waals surface area contributed by atoms with Crippen LogP contribution < -0.4 is 0 Å². The zero-order valence-electron chi connectivity index (χ0n) is 16.9. The number of benzene rings is 1. The second-order valence-corrected chi connectivity index (χ2v) is 7.82. The summed E-state index contributed by atoms with van der Waals surface area (Å²) < 4.78 is 0. The van der Waals surface area contributed by atoms with E-state index >= 15 is 0 Å². The van der Waals surface area contributed by atoms with E-state index in [-0.39, 0.29) is 0 Å². The fourth-order valence-electron chi connectivity index (χ4n) is 4.04. The lowest BCUT2D eigenvalue weighted by molar-refractivity contribution is -0.159. The van der Waals surface area contributed by atoms with E-state index in [1.807, 2.05) is 18.2 Å². The summed E-state index contributed by atoms with van der Waals surface area (Å²) in [5.41, 5.74) is 2.12. The third-order valence-electron chi connectivity index (χ3n) is 5.66. The van der Waals surface area contributed by atoms with Gasteiger partial charge in [-0.25, -0.2) is 14.6 Å². The van der Waals surface area contributed by atoms with E-state index in [2.05, 4.69) is 25.8 Å². The smallest absolute Gasteiger partial charge is 0.414 e. The van der Waals surface area contributed by atoms with Gasteiger partial charge in [0.25, 0.3) is 0 Å². The van der Waals surface area contributed by atoms with Gasteiger partial charge in [0, 0.05) is 32.6 Å². The molecule has 0 radical (unpaired) electrons. The first-order valence-corrected chi connectivity index (χ1v) is 10.3. The maximum atomic E-state index is 12.4. The zero-order chi connectivity index (χ0) is 21.5. The number of carboxylic acids is 2. The maximum absolute atomic E-state index is 12.4. The molecule has 2 fully saturated rings. The summed E-state index contributed by atoms with van der Waals surface area (Å²) in [5.74, 6) is -1.62. The number of fused-ring (bicyclic) bond motifs is 1. The predicted octanol–water partition coefficient (Wildman–Crippen LogP) is 1.94. The molecule has 1 aliphatic carbocycles. The fourth-order valence-corrected chi connectivity index (χ4v) is 4.04. The molecule has 1 amide bonds. The van der Waals surface area contributed by atoms with Gasteiger partial charge in [0.15, 0.2) is 0 Å². The number of nitrogens with zero attached hydrogens (tertiary/aromatic N) is 3. The Morgan fingerprint density at radius 3 is 2.23 bits per heavy atom. The van der Waals surface area contributed by atoms with Gasteiger partial charge in [-0.05, 0) is 30.9 Å². The van der Waals surface area contributed by atoms with E-state index in [1.54, 1.807) is 0 Å². The van der Waals surface area contributed by atoms with Crippen molar-refractivity contribution in [3.63, 3.8) is 0 Å². The van der Waals surface area contributed by atoms with Crippen LogP contribution in [0.3, 0.4) is 0 Å². The molecular formula is C21H28N4O5. The summed E-state index contributed by atoms with van der Waals surface area (Å²) in [6, 6.07) is 8.14. The number of rotatable bonds is 4. The second kappa shape index (κ2) is 10.2. The van der Waals surface area contributed by atoms with Gasteiger partial charge in [0.05, 0.1) is 17.6 Å². The number of aromatic amines is 1. The number of amides is 1. The van der Waals surface area contributed by atoms with Crippen LogP contribution in [0.1, 0.15) is 37.9 Å². The Morgan fingerprint density at radius 1 is 1.00 bits per heavy atom. The molecule has 1 saturated heterocycles. The number of hydrogen-bond donors (Lipinski definition) is 3. The van der Waals surface area contributed by atoms with E-state index in [0.717, 1.165) is 56.0 Å². The lowest BCUT2D eigenvalue weighted by Gasteiger charge is -2.34. The molecule has 30 heavy (non-hydrogen) atoms. The number of carbonyl (C=O) groups excluding carboxylic acids is 1. The molecule has 162 valence electrons. The van der Waals surface area contributed by atoms with Crippen molar-refractivity contribution in [2.24, 2.45) is 5.92 Å². The molecular weight excluding hydrogens is 388 g/mol. The van der Waals surface area contributed by atoms with Crippen molar-refractivity contribution >= 4 is 28.9 Å². The second-order valence-electron chi connectivity index (χ2n) is 7.82. The molecule has 0 spiro atoms. The molecule has 2 aromatic rings. The first kappa shape index (κ1) is 21.8. The molecule has 1 aliphatic heterocycles. The third-order valence-corrected chi connectivity index (χ3v) is 5.66. The van der Waals surface area contributed by atoms with Gasteiger partial charge >= 0.3 is 11.9 Å². The van der Waals surface area contributed by atoms with Gasteiger partial charge in [-0.3, -0.25) is 9.69 Å². The number of nitrogens with one attached hydrogen (secondary N) is 1. The molecule has 9 heteroatoms. The number of carbonyl (C=O) groups is 3. The van der Waals surface area contributed by atoms with Crippen LogP contribution in [-0.4, -0.2) is 74.0 Å². The topological polar surface area (TPSA) is 127 Å². The summed E-state index contributed by atoms with van der Waals surface area (Å²) in [5, 5.41) is 14.8. The number of aliphatic carboxylic acids is 2. The molecule has 0 bridgehead atoms. The molecule has 0 atom stereocenters. The molecule has 1 saturated carbocycles. The average Bonchev–Trinajstić information content (AvgIpc) is 3.38. The number of imidazole rings is 1. The predicted molar refractivity (Wildman–Crippen MR) is 110 cm³/mol. The van der Waals surface area contributed by atoms with E-state index in [0.29, 0.717) is 11.8 Å². The largest absolute Gasteiger partial charge is 0.473 e. The van der Waals surface area contributed by atoms with Crippen molar-refractivity contribution in [1.82, 2.24) is 19.8 Å². The molecule has 1 aromatic heterocycles. The maximum Gasteiger partial charge on any atom is 0.414 e. The van der Waals surface area contributed by atoms with Crippen molar-refractivity contribution in [3.05, 3.63) is 30.1 Å². The molecule has 0 unspecified atom stereocenters. The van der Waals surface area contributed by atoms with E-state index in [9.17, 15) is 4.79 Å². The Hall–Kier alpha value is -2.94. The van der Waals surface area contributed by atoms with Crippen LogP contribution in [0.25, 0.3) is 11.0 Å². The summed E-state index contributed by atoms with van der Waals surface area (Å²) in [6.07, 6.45) is 5.88.